The largest absolute Gasteiger partial charge is 0.459 e. The van der Waals surface area contributed by atoms with Gasteiger partial charge >= 0.3 is 0 Å². The van der Waals surface area contributed by atoms with Crippen molar-refractivity contribution in [2.75, 3.05) is 20.3 Å². The summed E-state index contributed by atoms with van der Waals surface area (Å²) in [5.41, 5.74) is 2.20. The Morgan fingerprint density at radius 3 is 2.81 bits per heavy atom. The van der Waals surface area contributed by atoms with Crippen LogP contribution in [-0.4, -0.2) is 20.3 Å². The number of rotatable bonds is 8. The van der Waals surface area contributed by atoms with Crippen LogP contribution in [0.15, 0.2) is 28.7 Å². The van der Waals surface area contributed by atoms with Gasteiger partial charge in [-0.05, 0) is 43.9 Å². The zero-order valence-corrected chi connectivity index (χ0v) is 13.6. The fourth-order valence-corrected chi connectivity index (χ4v) is 2.77. The molecule has 0 spiro atoms. The molecule has 21 heavy (non-hydrogen) atoms. The summed E-state index contributed by atoms with van der Waals surface area (Å²) in [6.45, 7) is 8.28. The van der Waals surface area contributed by atoms with Crippen molar-refractivity contribution in [3.05, 3.63) is 35.6 Å². The van der Waals surface area contributed by atoms with Gasteiger partial charge in [0.15, 0.2) is 0 Å². The molecule has 0 aliphatic heterocycles. The van der Waals surface area contributed by atoms with Gasteiger partial charge in [0, 0.05) is 19.1 Å². The molecule has 1 aromatic carbocycles. The summed E-state index contributed by atoms with van der Waals surface area (Å²) in [6.07, 6.45) is 2.14. The summed E-state index contributed by atoms with van der Waals surface area (Å²) in [7, 11) is 1.76. The smallest absolute Gasteiger partial charge is 0.137 e. The second kappa shape index (κ2) is 7.62. The lowest BCUT2D eigenvalue weighted by Gasteiger charge is -2.20. The minimum absolute atomic E-state index is 0.252. The fourth-order valence-electron chi connectivity index (χ4n) is 2.77. The number of benzene rings is 1. The zero-order valence-electron chi connectivity index (χ0n) is 13.6. The van der Waals surface area contributed by atoms with Gasteiger partial charge < -0.3 is 14.5 Å². The number of hydrogen-bond donors (Lipinski definition) is 1. The molecule has 0 amide bonds. The molecule has 2 aromatic rings. The van der Waals surface area contributed by atoms with Crippen LogP contribution >= 0.6 is 0 Å². The molecular formula is C18H27NO2. The fraction of sp³-hybridized carbons (Fsp3) is 0.556. The van der Waals surface area contributed by atoms with Crippen molar-refractivity contribution >= 4 is 11.0 Å². The van der Waals surface area contributed by atoms with E-state index in [1.807, 2.05) is 0 Å². The Kier molecular flexibility index (Phi) is 5.83. The first-order chi connectivity index (χ1) is 10.2. The van der Waals surface area contributed by atoms with Gasteiger partial charge in [-0.15, -0.1) is 0 Å². The van der Waals surface area contributed by atoms with Crippen LogP contribution in [0.1, 0.15) is 44.1 Å². The van der Waals surface area contributed by atoms with E-state index >= 15 is 0 Å². The third kappa shape index (κ3) is 4.08. The quantitative estimate of drug-likeness (QED) is 0.779. The predicted molar refractivity (Wildman–Crippen MR) is 87.6 cm³/mol. The van der Waals surface area contributed by atoms with E-state index in [-0.39, 0.29) is 6.04 Å². The first-order valence-electron chi connectivity index (χ1n) is 7.87. The van der Waals surface area contributed by atoms with E-state index in [1.165, 1.54) is 10.9 Å². The number of methoxy groups -OCH3 is 1. The number of furan rings is 1. The zero-order chi connectivity index (χ0) is 15.2. The van der Waals surface area contributed by atoms with Crippen molar-refractivity contribution < 1.29 is 9.15 Å². The Morgan fingerprint density at radius 2 is 2.14 bits per heavy atom. The molecule has 3 nitrogen and oxygen atoms in total. The molecule has 2 atom stereocenters. The van der Waals surface area contributed by atoms with Gasteiger partial charge in [-0.2, -0.15) is 0 Å². The van der Waals surface area contributed by atoms with Gasteiger partial charge in [-0.1, -0.05) is 32.0 Å². The van der Waals surface area contributed by atoms with Crippen molar-refractivity contribution in [1.82, 2.24) is 5.32 Å². The van der Waals surface area contributed by atoms with Gasteiger partial charge in [0.2, 0.25) is 0 Å². The highest BCUT2D eigenvalue weighted by atomic mass is 16.5. The molecule has 0 bridgehead atoms. The number of hydrogen-bond acceptors (Lipinski definition) is 3. The molecule has 0 aliphatic rings. The summed E-state index contributed by atoms with van der Waals surface area (Å²) < 4.78 is 11.4. The first-order valence-corrected chi connectivity index (χ1v) is 7.87. The highest BCUT2D eigenvalue weighted by Gasteiger charge is 2.19. The Bertz CT molecular complexity index is 561. The van der Waals surface area contributed by atoms with Crippen LogP contribution in [-0.2, 0) is 4.74 Å². The lowest BCUT2D eigenvalue weighted by atomic mass is 10.0. The van der Waals surface area contributed by atoms with Crippen LogP contribution in [0.4, 0.5) is 0 Å². The Morgan fingerprint density at radius 1 is 1.33 bits per heavy atom. The Balaban J connectivity index is 2.22. The summed E-state index contributed by atoms with van der Waals surface area (Å²) in [5.74, 6) is 1.54. The van der Waals surface area contributed by atoms with E-state index in [0.717, 1.165) is 37.3 Å². The maximum atomic E-state index is 6.13. The van der Waals surface area contributed by atoms with Crippen LogP contribution in [0, 0.1) is 12.8 Å². The molecule has 0 aliphatic carbocycles. The molecule has 3 heteroatoms. The Hall–Kier alpha value is -1.32. The van der Waals surface area contributed by atoms with Gasteiger partial charge in [-0.3, -0.25) is 0 Å². The lowest BCUT2D eigenvalue weighted by molar-refractivity contribution is 0.147. The molecule has 0 saturated heterocycles. The second-order valence-electron chi connectivity index (χ2n) is 5.94. The van der Waals surface area contributed by atoms with Crippen molar-refractivity contribution in [3.63, 3.8) is 0 Å². The molecule has 0 saturated carbocycles. The van der Waals surface area contributed by atoms with Crippen molar-refractivity contribution in [2.45, 2.75) is 39.7 Å². The maximum Gasteiger partial charge on any atom is 0.137 e. The van der Waals surface area contributed by atoms with Gasteiger partial charge in [0.25, 0.3) is 0 Å². The number of aryl methyl sites for hydroxylation is 1. The van der Waals surface area contributed by atoms with E-state index < -0.39 is 0 Å². The normalized spacial score (nSPS) is 14.5. The van der Waals surface area contributed by atoms with Crippen molar-refractivity contribution in [3.8, 4) is 0 Å². The molecule has 1 aromatic heterocycles. The van der Waals surface area contributed by atoms with E-state index in [9.17, 15) is 0 Å². The van der Waals surface area contributed by atoms with E-state index in [0.29, 0.717) is 5.92 Å². The minimum atomic E-state index is 0.252. The summed E-state index contributed by atoms with van der Waals surface area (Å²) in [6, 6.07) is 8.72. The molecule has 0 radical (unpaired) electrons. The number of para-hydroxylation sites is 1. The highest BCUT2D eigenvalue weighted by Crippen LogP contribution is 2.29. The highest BCUT2D eigenvalue weighted by molar-refractivity contribution is 5.80. The van der Waals surface area contributed by atoms with Crippen LogP contribution in [0.2, 0.25) is 0 Å². The van der Waals surface area contributed by atoms with E-state index in [1.54, 1.807) is 7.11 Å². The maximum absolute atomic E-state index is 6.13. The lowest BCUT2D eigenvalue weighted by Crippen LogP contribution is -2.24. The second-order valence-corrected chi connectivity index (χ2v) is 5.94. The number of nitrogens with one attached hydrogen (secondary N) is 1. The molecule has 1 heterocycles. The molecule has 2 rings (SSSR count). The van der Waals surface area contributed by atoms with Crippen LogP contribution in [0.25, 0.3) is 11.0 Å². The van der Waals surface area contributed by atoms with Crippen LogP contribution in [0.5, 0.6) is 0 Å². The van der Waals surface area contributed by atoms with Gasteiger partial charge in [0.05, 0.1) is 6.04 Å². The molecule has 1 N–H and O–H groups in total. The SMILES string of the molecule is CCCNC(CC(C)COC)c1cc2cccc(C)c2o1. The Labute approximate surface area is 127 Å². The van der Waals surface area contributed by atoms with E-state index in [2.05, 4.69) is 50.4 Å². The van der Waals surface area contributed by atoms with E-state index in [4.69, 9.17) is 9.15 Å². The van der Waals surface area contributed by atoms with Crippen LogP contribution in [0.3, 0.4) is 0 Å². The van der Waals surface area contributed by atoms with Crippen LogP contribution < -0.4 is 5.32 Å². The standard InChI is InChI=1S/C18H27NO2/c1-5-9-19-16(10-13(2)12-20-4)17-11-15-8-6-7-14(3)18(15)21-17/h6-8,11,13,16,19H,5,9-10,12H2,1-4H3. The predicted octanol–water partition coefficient (Wildman–Crippen LogP) is 4.45. The van der Waals surface area contributed by atoms with Crippen molar-refractivity contribution in [1.29, 1.82) is 0 Å². The summed E-state index contributed by atoms with van der Waals surface area (Å²) >= 11 is 0. The number of fused-ring (bicyclic) bond motifs is 1. The minimum Gasteiger partial charge on any atom is -0.459 e. The van der Waals surface area contributed by atoms with Gasteiger partial charge in [-0.25, -0.2) is 0 Å². The average Bonchev–Trinajstić information content (AvgIpc) is 2.89. The topological polar surface area (TPSA) is 34.4 Å². The first kappa shape index (κ1) is 16.1. The molecule has 116 valence electrons. The number of ether oxygens (including phenoxy) is 1. The molecule has 0 fully saturated rings. The van der Waals surface area contributed by atoms with Crippen molar-refractivity contribution in [2.24, 2.45) is 5.92 Å². The molecule has 2 unspecified atom stereocenters. The molecular weight excluding hydrogens is 262 g/mol. The monoisotopic (exact) mass is 289 g/mol. The third-order valence-electron chi connectivity index (χ3n) is 3.83. The summed E-state index contributed by atoms with van der Waals surface area (Å²) in [4.78, 5) is 0. The van der Waals surface area contributed by atoms with Gasteiger partial charge in [0.1, 0.15) is 11.3 Å². The summed E-state index contributed by atoms with van der Waals surface area (Å²) in [5, 5.41) is 4.79. The third-order valence-corrected chi connectivity index (χ3v) is 3.83. The average molecular weight is 289 g/mol.